The first kappa shape index (κ1) is 16.9. The Balaban J connectivity index is 2.54. The van der Waals surface area contributed by atoms with Crippen LogP contribution in [0.1, 0.15) is 37.6 Å². The van der Waals surface area contributed by atoms with E-state index in [2.05, 4.69) is 20.9 Å². The average molecular weight is 296 g/mol. The molecule has 0 aromatic carbocycles. The maximum absolute atomic E-state index is 13.9. The fraction of sp³-hybridized carbons (Fsp3) is 0.500. The third-order valence-corrected chi connectivity index (χ3v) is 2.52. The summed E-state index contributed by atoms with van der Waals surface area (Å²) >= 11 is 0. The van der Waals surface area contributed by atoms with Gasteiger partial charge in [0.05, 0.1) is 5.56 Å². The van der Waals surface area contributed by atoms with E-state index in [1.807, 2.05) is 20.8 Å². The smallest absolute Gasteiger partial charge is 0.254 e. The van der Waals surface area contributed by atoms with E-state index in [0.717, 1.165) is 0 Å². The molecule has 0 aliphatic carbocycles. The summed E-state index contributed by atoms with van der Waals surface area (Å²) in [7, 11) is 1.52. The van der Waals surface area contributed by atoms with Crippen LogP contribution in [-0.4, -0.2) is 35.9 Å². The Morgan fingerprint density at radius 2 is 2.00 bits per heavy atom. The van der Waals surface area contributed by atoms with Crippen molar-refractivity contribution in [2.45, 2.75) is 32.7 Å². The number of carbonyl (C=O) groups is 2. The van der Waals surface area contributed by atoms with Crippen molar-refractivity contribution in [1.29, 1.82) is 0 Å². The van der Waals surface area contributed by atoms with Gasteiger partial charge in [-0.1, -0.05) is 0 Å². The van der Waals surface area contributed by atoms with Crippen molar-refractivity contribution in [3.8, 4) is 0 Å². The lowest BCUT2D eigenvalue weighted by Crippen LogP contribution is -2.42. The molecule has 0 aliphatic heterocycles. The number of aromatic nitrogens is 1. The maximum Gasteiger partial charge on any atom is 0.254 e. The highest BCUT2D eigenvalue weighted by Crippen LogP contribution is 2.14. The van der Waals surface area contributed by atoms with Crippen molar-refractivity contribution >= 4 is 17.6 Å². The molecule has 0 saturated carbocycles. The minimum absolute atomic E-state index is 0.00752. The lowest BCUT2D eigenvalue weighted by atomic mass is 10.1. The molecule has 0 bridgehead atoms. The van der Waals surface area contributed by atoms with E-state index in [4.69, 9.17) is 0 Å². The largest absolute Gasteiger partial charge is 0.371 e. The van der Waals surface area contributed by atoms with Gasteiger partial charge in [-0.15, -0.1) is 0 Å². The van der Waals surface area contributed by atoms with Crippen LogP contribution < -0.4 is 16.0 Å². The monoisotopic (exact) mass is 296 g/mol. The van der Waals surface area contributed by atoms with Crippen LogP contribution in [0.25, 0.3) is 0 Å². The minimum atomic E-state index is -0.711. The molecule has 1 aromatic rings. The van der Waals surface area contributed by atoms with Crippen LogP contribution in [0.5, 0.6) is 0 Å². The molecule has 1 rings (SSSR count). The van der Waals surface area contributed by atoms with E-state index < -0.39 is 11.7 Å². The maximum atomic E-state index is 13.9. The predicted molar refractivity (Wildman–Crippen MR) is 78.6 cm³/mol. The molecule has 1 heterocycles. The summed E-state index contributed by atoms with van der Waals surface area (Å²) in [6, 6.07) is 1.29. The highest BCUT2D eigenvalue weighted by Gasteiger charge is 2.16. The normalized spacial score (nSPS) is 10.9. The molecule has 0 atom stereocenters. The Kier molecular flexibility index (Phi) is 5.63. The number of hydrogen-bond donors (Lipinski definition) is 3. The predicted octanol–water partition coefficient (Wildman–Crippen LogP) is 1.30. The van der Waals surface area contributed by atoms with Crippen LogP contribution in [0, 0.1) is 5.82 Å². The van der Waals surface area contributed by atoms with Crippen molar-refractivity contribution in [2.24, 2.45) is 0 Å². The molecule has 0 spiro atoms. The molecule has 21 heavy (non-hydrogen) atoms. The van der Waals surface area contributed by atoms with Crippen LogP contribution in [0.3, 0.4) is 0 Å². The summed E-state index contributed by atoms with van der Waals surface area (Å²) < 4.78 is 13.9. The van der Waals surface area contributed by atoms with Gasteiger partial charge in [-0.05, 0) is 26.8 Å². The van der Waals surface area contributed by atoms with Gasteiger partial charge >= 0.3 is 0 Å². The zero-order valence-corrected chi connectivity index (χ0v) is 12.7. The Morgan fingerprint density at radius 1 is 1.33 bits per heavy atom. The van der Waals surface area contributed by atoms with Gasteiger partial charge in [0.15, 0.2) is 11.6 Å². The third kappa shape index (κ3) is 5.37. The highest BCUT2D eigenvalue weighted by atomic mass is 19.1. The molecule has 3 N–H and O–H groups in total. The molecule has 0 saturated heterocycles. The van der Waals surface area contributed by atoms with Crippen molar-refractivity contribution in [2.75, 3.05) is 18.9 Å². The molecular weight excluding hydrogens is 275 g/mol. The number of rotatable bonds is 5. The lowest BCUT2D eigenvalue weighted by Gasteiger charge is -2.20. The number of hydrogen-bond acceptors (Lipinski definition) is 4. The molecule has 6 nitrogen and oxygen atoms in total. The standard InChI is InChI=1S/C14H21FN4O2/c1-14(2,3)19-10(20)6-8-18-13(21)9-5-7-17-12(16-4)11(9)15/h5,7H,6,8H2,1-4H3,(H,16,17)(H,18,21)(H,19,20). The fourth-order valence-corrected chi connectivity index (χ4v) is 1.66. The first-order valence-electron chi connectivity index (χ1n) is 6.66. The van der Waals surface area contributed by atoms with Gasteiger partial charge in [0.2, 0.25) is 5.91 Å². The van der Waals surface area contributed by atoms with Gasteiger partial charge in [0.25, 0.3) is 5.91 Å². The van der Waals surface area contributed by atoms with Crippen LogP contribution in [-0.2, 0) is 4.79 Å². The Morgan fingerprint density at radius 3 is 2.57 bits per heavy atom. The van der Waals surface area contributed by atoms with E-state index in [1.165, 1.54) is 19.3 Å². The number of pyridine rings is 1. The number of nitrogens with one attached hydrogen (secondary N) is 3. The molecule has 2 amide bonds. The van der Waals surface area contributed by atoms with Gasteiger partial charge in [-0.25, -0.2) is 9.37 Å². The Bertz CT molecular complexity index is 526. The quantitative estimate of drug-likeness (QED) is 0.765. The molecule has 1 aromatic heterocycles. The van der Waals surface area contributed by atoms with Crippen molar-refractivity contribution in [3.05, 3.63) is 23.6 Å². The third-order valence-electron chi connectivity index (χ3n) is 2.52. The number of halogens is 1. The van der Waals surface area contributed by atoms with Crippen LogP contribution in [0.4, 0.5) is 10.2 Å². The first-order valence-corrected chi connectivity index (χ1v) is 6.66. The zero-order chi connectivity index (χ0) is 16.0. The first-order chi connectivity index (χ1) is 9.74. The summed E-state index contributed by atoms with van der Waals surface area (Å²) in [6.07, 6.45) is 1.48. The number of carbonyl (C=O) groups excluding carboxylic acids is 2. The minimum Gasteiger partial charge on any atom is -0.371 e. The number of nitrogens with zero attached hydrogens (tertiary/aromatic N) is 1. The van der Waals surface area contributed by atoms with Gasteiger partial charge in [0, 0.05) is 31.7 Å². The van der Waals surface area contributed by atoms with Gasteiger partial charge < -0.3 is 16.0 Å². The average Bonchev–Trinajstić information content (AvgIpc) is 2.36. The lowest BCUT2D eigenvalue weighted by molar-refractivity contribution is -0.122. The fourth-order valence-electron chi connectivity index (χ4n) is 1.66. The van der Waals surface area contributed by atoms with Crippen molar-refractivity contribution in [3.63, 3.8) is 0 Å². The molecular formula is C14H21FN4O2. The van der Waals surface area contributed by atoms with Crippen LogP contribution >= 0.6 is 0 Å². The van der Waals surface area contributed by atoms with Crippen molar-refractivity contribution < 1.29 is 14.0 Å². The summed E-state index contributed by atoms with van der Waals surface area (Å²) in [5, 5.41) is 7.85. The number of anilines is 1. The van der Waals surface area contributed by atoms with E-state index >= 15 is 0 Å². The number of amides is 2. The topological polar surface area (TPSA) is 83.1 Å². The molecule has 116 valence electrons. The molecule has 0 fully saturated rings. The second-order valence-corrected chi connectivity index (χ2v) is 5.58. The Hall–Kier alpha value is -2.18. The molecule has 7 heteroatoms. The summed E-state index contributed by atoms with van der Waals surface area (Å²) in [5.74, 6) is -1.45. The molecule has 0 radical (unpaired) electrons. The van der Waals surface area contributed by atoms with Crippen LogP contribution in [0.15, 0.2) is 12.3 Å². The van der Waals surface area contributed by atoms with Crippen LogP contribution in [0.2, 0.25) is 0 Å². The summed E-state index contributed by atoms with van der Waals surface area (Å²) in [4.78, 5) is 27.2. The zero-order valence-electron chi connectivity index (χ0n) is 12.7. The van der Waals surface area contributed by atoms with E-state index in [-0.39, 0.29) is 35.8 Å². The van der Waals surface area contributed by atoms with Gasteiger partial charge in [-0.3, -0.25) is 9.59 Å². The van der Waals surface area contributed by atoms with E-state index in [1.54, 1.807) is 0 Å². The summed E-state index contributed by atoms with van der Waals surface area (Å²) in [5.41, 5.74) is -0.425. The SMILES string of the molecule is CNc1nccc(C(=O)NCCC(=O)NC(C)(C)C)c1F. The van der Waals surface area contributed by atoms with E-state index in [9.17, 15) is 14.0 Å². The summed E-state index contributed by atoms with van der Waals surface area (Å²) in [6.45, 7) is 5.75. The second-order valence-electron chi connectivity index (χ2n) is 5.58. The molecule has 0 unspecified atom stereocenters. The van der Waals surface area contributed by atoms with Gasteiger partial charge in [0.1, 0.15) is 0 Å². The molecule has 0 aliphatic rings. The Labute approximate surface area is 123 Å². The van der Waals surface area contributed by atoms with Gasteiger partial charge in [-0.2, -0.15) is 0 Å². The second kappa shape index (κ2) is 7.01. The highest BCUT2D eigenvalue weighted by molar-refractivity contribution is 5.95. The van der Waals surface area contributed by atoms with Crippen molar-refractivity contribution in [1.82, 2.24) is 15.6 Å². The van der Waals surface area contributed by atoms with E-state index in [0.29, 0.717) is 0 Å².